The highest BCUT2D eigenvalue weighted by atomic mass is 16.6. The lowest BCUT2D eigenvalue weighted by molar-refractivity contribution is -0.156. The summed E-state index contributed by atoms with van der Waals surface area (Å²) in [5, 5.41) is 21.7. The molecular weight excluding hydrogens is 504 g/mol. The van der Waals surface area contributed by atoms with Gasteiger partial charge in [0.15, 0.2) is 0 Å². The van der Waals surface area contributed by atoms with E-state index in [4.69, 9.17) is 14.2 Å². The molecule has 2 rings (SSSR count). The topological polar surface area (TPSA) is 140 Å². The summed E-state index contributed by atoms with van der Waals surface area (Å²) in [6.07, 6.45) is 6.48. The Kier molecular flexibility index (Phi) is 11.4. The van der Waals surface area contributed by atoms with E-state index in [0.29, 0.717) is 18.4 Å². The molecule has 0 spiro atoms. The zero-order chi connectivity index (χ0) is 29.5. The van der Waals surface area contributed by atoms with Gasteiger partial charge in [-0.25, -0.2) is 0 Å². The molecule has 9 nitrogen and oxygen atoms in total. The van der Waals surface area contributed by atoms with E-state index in [2.05, 4.69) is 0 Å². The number of esters is 2. The number of epoxide rings is 1. The summed E-state index contributed by atoms with van der Waals surface area (Å²) in [6.45, 7) is 11.6. The second kappa shape index (κ2) is 13.6. The van der Waals surface area contributed by atoms with Gasteiger partial charge in [0.2, 0.25) is 0 Å². The zero-order valence-electron chi connectivity index (χ0n) is 24.1. The fraction of sp³-hybridized carbons (Fsp3) is 0.667. The quantitative estimate of drug-likeness (QED) is 0.146. The van der Waals surface area contributed by atoms with Crippen molar-refractivity contribution in [2.45, 2.75) is 116 Å². The Morgan fingerprint density at radius 1 is 1.28 bits per heavy atom. The van der Waals surface area contributed by atoms with Crippen molar-refractivity contribution in [3.05, 3.63) is 36.0 Å². The zero-order valence-corrected chi connectivity index (χ0v) is 24.1. The first kappa shape index (κ1) is 32.6. The van der Waals surface area contributed by atoms with Crippen molar-refractivity contribution in [3.63, 3.8) is 0 Å². The maximum Gasteiger partial charge on any atom is 0.313 e. The number of allylic oxidation sites excluding steroid dienone is 2. The Morgan fingerprint density at radius 3 is 2.56 bits per heavy atom. The Morgan fingerprint density at radius 2 is 1.95 bits per heavy atom. The van der Waals surface area contributed by atoms with Crippen molar-refractivity contribution in [2.75, 3.05) is 0 Å². The monoisotopic (exact) mass is 548 g/mol. The van der Waals surface area contributed by atoms with Gasteiger partial charge in [-0.15, -0.1) is 0 Å². The average molecular weight is 549 g/mol. The van der Waals surface area contributed by atoms with Gasteiger partial charge in [0, 0.05) is 38.0 Å². The molecule has 0 aromatic rings. The Hall–Kier alpha value is -2.62. The van der Waals surface area contributed by atoms with Gasteiger partial charge in [0.1, 0.15) is 35.8 Å². The highest BCUT2D eigenvalue weighted by molar-refractivity contribution is 5.95. The Balaban J connectivity index is 2.19. The Bertz CT molecular complexity index is 1000. The smallest absolute Gasteiger partial charge is 0.313 e. The lowest BCUT2D eigenvalue weighted by Crippen LogP contribution is -2.42. The van der Waals surface area contributed by atoms with Crippen molar-refractivity contribution in [3.8, 4) is 0 Å². The van der Waals surface area contributed by atoms with Crippen LogP contribution in [-0.2, 0) is 33.4 Å². The molecule has 0 bridgehead atoms. The van der Waals surface area contributed by atoms with E-state index < -0.39 is 41.8 Å². The molecule has 39 heavy (non-hydrogen) atoms. The summed E-state index contributed by atoms with van der Waals surface area (Å²) in [5.74, 6) is -2.08. The van der Waals surface area contributed by atoms with Crippen molar-refractivity contribution in [2.24, 2.45) is 11.8 Å². The van der Waals surface area contributed by atoms with Crippen molar-refractivity contribution < 1.29 is 43.6 Å². The van der Waals surface area contributed by atoms with Gasteiger partial charge in [-0.05, 0) is 38.8 Å². The molecular formula is C30H44O9. The molecule has 2 aliphatic rings. The van der Waals surface area contributed by atoms with Gasteiger partial charge in [-0.3, -0.25) is 19.2 Å². The van der Waals surface area contributed by atoms with E-state index >= 15 is 0 Å². The number of aliphatic hydroxyl groups is 2. The van der Waals surface area contributed by atoms with E-state index in [0.717, 1.165) is 0 Å². The van der Waals surface area contributed by atoms with Crippen LogP contribution in [0.3, 0.4) is 0 Å². The fourth-order valence-electron chi connectivity index (χ4n) is 4.75. The van der Waals surface area contributed by atoms with Crippen LogP contribution >= 0.6 is 0 Å². The van der Waals surface area contributed by atoms with Crippen LogP contribution in [0.2, 0.25) is 0 Å². The maximum atomic E-state index is 12.5. The van der Waals surface area contributed by atoms with Crippen LogP contribution in [0.15, 0.2) is 36.0 Å². The predicted octanol–water partition coefficient (Wildman–Crippen LogP) is 3.55. The largest absolute Gasteiger partial charge is 0.457 e. The predicted molar refractivity (Wildman–Crippen MR) is 144 cm³/mol. The minimum atomic E-state index is -1.50. The molecule has 0 aromatic heterocycles. The van der Waals surface area contributed by atoms with Crippen LogP contribution in [-0.4, -0.2) is 69.3 Å². The molecule has 0 unspecified atom stereocenters. The molecule has 0 radical (unpaired) electrons. The third-order valence-corrected chi connectivity index (χ3v) is 7.33. The molecule has 218 valence electrons. The third kappa shape index (κ3) is 10.1. The Labute approximate surface area is 231 Å². The number of ketones is 2. The van der Waals surface area contributed by atoms with Gasteiger partial charge in [0.05, 0.1) is 17.8 Å². The number of ether oxygens (including phenoxy) is 3. The first-order chi connectivity index (χ1) is 18.1. The molecule has 1 saturated heterocycles. The molecule has 0 aromatic carbocycles. The van der Waals surface area contributed by atoms with Crippen LogP contribution in [0.5, 0.6) is 0 Å². The molecule has 2 aliphatic heterocycles. The number of hydrogen-bond donors (Lipinski definition) is 2. The van der Waals surface area contributed by atoms with Gasteiger partial charge in [-0.2, -0.15) is 0 Å². The first-order valence-electron chi connectivity index (χ1n) is 13.6. The van der Waals surface area contributed by atoms with Gasteiger partial charge >= 0.3 is 11.9 Å². The SMILES string of the molecule is CCC(=O)[C@@H](C)[C@H]1O[C@@H]1C[C@@](C)(O)/C=C/C=C(\C)[C@H]1OC(=O)CC(=O)CC[C@@](C)(O)[C@@H](OC(C)=O)/C=C/[C@@H]1C. The van der Waals surface area contributed by atoms with E-state index in [9.17, 15) is 29.4 Å². The maximum absolute atomic E-state index is 12.5. The summed E-state index contributed by atoms with van der Waals surface area (Å²) >= 11 is 0. The van der Waals surface area contributed by atoms with Crippen LogP contribution < -0.4 is 0 Å². The minimum Gasteiger partial charge on any atom is -0.457 e. The van der Waals surface area contributed by atoms with E-state index in [1.807, 2.05) is 20.8 Å². The molecule has 0 saturated carbocycles. The summed E-state index contributed by atoms with van der Waals surface area (Å²) in [5.41, 5.74) is -2.02. The minimum absolute atomic E-state index is 0.0172. The van der Waals surface area contributed by atoms with Crippen LogP contribution in [0.1, 0.15) is 80.6 Å². The van der Waals surface area contributed by atoms with Crippen LogP contribution in [0.4, 0.5) is 0 Å². The van der Waals surface area contributed by atoms with Crippen molar-refractivity contribution in [1.29, 1.82) is 0 Å². The van der Waals surface area contributed by atoms with Gasteiger partial charge in [0.25, 0.3) is 0 Å². The van der Waals surface area contributed by atoms with Crippen LogP contribution in [0, 0.1) is 11.8 Å². The number of hydrogen-bond acceptors (Lipinski definition) is 9. The molecule has 2 N–H and O–H groups in total. The number of carbonyl (C=O) groups is 4. The van der Waals surface area contributed by atoms with Gasteiger partial charge < -0.3 is 24.4 Å². The highest BCUT2D eigenvalue weighted by Gasteiger charge is 2.47. The highest BCUT2D eigenvalue weighted by Crippen LogP contribution is 2.36. The second-order valence-corrected chi connectivity index (χ2v) is 11.3. The van der Waals surface area contributed by atoms with E-state index in [1.54, 1.807) is 44.2 Å². The summed E-state index contributed by atoms with van der Waals surface area (Å²) in [6, 6.07) is 0. The number of carbonyl (C=O) groups excluding carboxylic acids is 4. The molecule has 0 amide bonds. The number of rotatable bonds is 9. The summed E-state index contributed by atoms with van der Waals surface area (Å²) < 4.78 is 16.6. The van der Waals surface area contributed by atoms with Crippen LogP contribution in [0.25, 0.3) is 0 Å². The lowest BCUT2D eigenvalue weighted by Gasteiger charge is -2.31. The van der Waals surface area contributed by atoms with Gasteiger partial charge in [-0.1, -0.05) is 45.1 Å². The summed E-state index contributed by atoms with van der Waals surface area (Å²) in [4.78, 5) is 48.5. The van der Waals surface area contributed by atoms with E-state index in [1.165, 1.54) is 13.8 Å². The summed E-state index contributed by atoms with van der Waals surface area (Å²) in [7, 11) is 0. The molecule has 1 fully saturated rings. The first-order valence-corrected chi connectivity index (χ1v) is 13.6. The van der Waals surface area contributed by atoms with Crippen molar-refractivity contribution >= 4 is 23.5 Å². The number of cyclic esters (lactones) is 1. The third-order valence-electron chi connectivity index (χ3n) is 7.33. The molecule has 2 heterocycles. The number of Topliss-reactive ketones (excluding diaryl/α,β-unsaturated/α-hetero) is 2. The molecule has 9 heteroatoms. The lowest BCUT2D eigenvalue weighted by atomic mass is 9.89. The average Bonchev–Trinajstić information content (AvgIpc) is 3.59. The van der Waals surface area contributed by atoms with Crippen molar-refractivity contribution in [1.82, 2.24) is 0 Å². The standard InChI is InChI=1S/C30H44O9/c1-8-23(33)20(4)28-24(38-28)17-29(6,35)14-9-10-18(2)27-19(3)11-12-25(37-21(5)31)30(7,36)15-13-22(32)16-26(34)39-27/h9-12,14,19-20,24-25,27-28,35-36H,8,13,15-17H2,1-7H3/b12-11+,14-9+,18-10+/t19-,20+,24+,25-,27+,28+,29-,30+/m0/s1. The van der Waals surface area contributed by atoms with E-state index in [-0.39, 0.29) is 48.5 Å². The molecule has 8 atom stereocenters. The molecule has 0 aliphatic carbocycles. The second-order valence-electron chi connectivity index (χ2n) is 11.3. The fourth-order valence-corrected chi connectivity index (χ4v) is 4.75. The normalized spacial score (nSPS) is 33.8.